The van der Waals surface area contributed by atoms with Crippen LogP contribution in [0.1, 0.15) is 29.9 Å². The molecule has 3 amide bonds. The number of imide groups is 1. The fourth-order valence-corrected chi connectivity index (χ4v) is 2.54. The molecule has 0 radical (unpaired) electrons. The summed E-state index contributed by atoms with van der Waals surface area (Å²) in [6.45, 7) is 2.82. The van der Waals surface area contributed by atoms with Crippen LogP contribution in [0, 0.1) is 5.92 Å². The highest BCUT2D eigenvalue weighted by molar-refractivity contribution is 6.04. The first-order chi connectivity index (χ1) is 14.3. The third kappa shape index (κ3) is 6.77. The van der Waals surface area contributed by atoms with Crippen LogP contribution in [0.15, 0.2) is 48.7 Å². The summed E-state index contributed by atoms with van der Waals surface area (Å²) in [5.74, 6) is -2.49. The van der Waals surface area contributed by atoms with Crippen LogP contribution in [0.5, 0.6) is 0 Å². The maximum absolute atomic E-state index is 12.3. The van der Waals surface area contributed by atoms with Gasteiger partial charge in [-0.05, 0) is 23.6 Å². The van der Waals surface area contributed by atoms with Crippen molar-refractivity contribution in [3.05, 3.63) is 59.9 Å². The maximum Gasteiger partial charge on any atom is 0.408 e. The van der Waals surface area contributed by atoms with Crippen molar-refractivity contribution in [1.82, 2.24) is 15.2 Å². The Labute approximate surface area is 174 Å². The SMILES string of the molecule is CC(C)[C@H](NC(=O)OCc1ccccc1)C(=O)OCC(=O)NC(=O)c1cccn1C. The third-order valence-corrected chi connectivity index (χ3v) is 4.18. The van der Waals surface area contributed by atoms with E-state index in [0.717, 1.165) is 5.56 Å². The number of nitrogens with one attached hydrogen (secondary N) is 2. The Morgan fingerprint density at radius 2 is 1.70 bits per heavy atom. The van der Waals surface area contributed by atoms with Gasteiger partial charge >= 0.3 is 12.1 Å². The second-order valence-corrected chi connectivity index (χ2v) is 6.92. The number of aromatic nitrogens is 1. The molecule has 1 atom stereocenters. The summed E-state index contributed by atoms with van der Waals surface area (Å²) in [5, 5.41) is 4.58. The Kier molecular flexibility index (Phi) is 8.16. The van der Waals surface area contributed by atoms with Crippen molar-refractivity contribution < 1.29 is 28.7 Å². The topological polar surface area (TPSA) is 116 Å². The number of hydrogen-bond donors (Lipinski definition) is 2. The van der Waals surface area contributed by atoms with Crippen LogP contribution in [0.2, 0.25) is 0 Å². The number of ether oxygens (including phenoxy) is 2. The molecule has 0 saturated heterocycles. The first-order valence-corrected chi connectivity index (χ1v) is 9.37. The van der Waals surface area contributed by atoms with Gasteiger partial charge in [-0.25, -0.2) is 9.59 Å². The number of amides is 3. The molecule has 0 unspecified atom stereocenters. The zero-order valence-corrected chi connectivity index (χ0v) is 17.1. The predicted octanol–water partition coefficient (Wildman–Crippen LogP) is 1.78. The molecule has 9 nitrogen and oxygen atoms in total. The number of aryl methyl sites for hydroxylation is 1. The lowest BCUT2D eigenvalue weighted by atomic mass is 10.1. The Morgan fingerprint density at radius 3 is 2.30 bits per heavy atom. The molecule has 0 aliphatic heterocycles. The molecule has 1 heterocycles. The Morgan fingerprint density at radius 1 is 1.00 bits per heavy atom. The predicted molar refractivity (Wildman–Crippen MR) is 107 cm³/mol. The van der Waals surface area contributed by atoms with E-state index in [4.69, 9.17) is 9.47 Å². The summed E-state index contributed by atoms with van der Waals surface area (Å²) >= 11 is 0. The van der Waals surface area contributed by atoms with Crippen LogP contribution < -0.4 is 10.6 Å². The van der Waals surface area contributed by atoms with E-state index >= 15 is 0 Å². The largest absolute Gasteiger partial charge is 0.454 e. The molecular formula is C21H25N3O6. The molecule has 2 N–H and O–H groups in total. The van der Waals surface area contributed by atoms with Gasteiger partial charge in [0.2, 0.25) is 0 Å². The van der Waals surface area contributed by atoms with Gasteiger partial charge in [0.15, 0.2) is 6.61 Å². The van der Waals surface area contributed by atoms with Crippen LogP contribution in [-0.2, 0) is 32.7 Å². The van der Waals surface area contributed by atoms with Gasteiger partial charge in [0.1, 0.15) is 18.3 Å². The molecule has 0 saturated carbocycles. The van der Waals surface area contributed by atoms with Crippen molar-refractivity contribution in [3.8, 4) is 0 Å². The van der Waals surface area contributed by atoms with Crippen molar-refractivity contribution >= 4 is 23.9 Å². The smallest absolute Gasteiger partial charge is 0.408 e. The van der Waals surface area contributed by atoms with Crippen molar-refractivity contribution in [2.75, 3.05) is 6.61 Å². The monoisotopic (exact) mass is 415 g/mol. The van der Waals surface area contributed by atoms with Crippen molar-refractivity contribution in [3.63, 3.8) is 0 Å². The standard InChI is InChI=1S/C21H25N3O6/c1-14(2)18(23-21(28)30-12-15-8-5-4-6-9-15)20(27)29-13-17(25)22-19(26)16-10-7-11-24(16)3/h4-11,14,18H,12-13H2,1-3H3,(H,23,28)(H,22,25,26)/t18-/m0/s1. The van der Waals surface area contributed by atoms with Gasteiger partial charge in [-0.15, -0.1) is 0 Å². The van der Waals surface area contributed by atoms with Gasteiger partial charge < -0.3 is 19.4 Å². The zero-order valence-electron chi connectivity index (χ0n) is 17.1. The normalized spacial score (nSPS) is 11.5. The summed E-state index contributed by atoms with van der Waals surface area (Å²) in [6.07, 6.45) is 0.882. The number of carbonyl (C=O) groups is 4. The summed E-state index contributed by atoms with van der Waals surface area (Å²) < 4.78 is 11.6. The minimum Gasteiger partial charge on any atom is -0.454 e. The molecule has 0 aliphatic carbocycles. The maximum atomic E-state index is 12.3. The van der Waals surface area contributed by atoms with E-state index in [-0.39, 0.29) is 18.2 Å². The van der Waals surface area contributed by atoms with E-state index in [1.165, 1.54) is 0 Å². The van der Waals surface area contributed by atoms with Crippen LogP contribution in [0.25, 0.3) is 0 Å². The van der Waals surface area contributed by atoms with Crippen LogP contribution in [-0.4, -0.2) is 41.1 Å². The second kappa shape index (κ2) is 10.8. The summed E-state index contributed by atoms with van der Waals surface area (Å²) in [6, 6.07) is 11.3. The number of hydrogen-bond acceptors (Lipinski definition) is 6. The summed E-state index contributed by atoms with van der Waals surface area (Å²) in [4.78, 5) is 48.2. The van der Waals surface area contributed by atoms with E-state index in [1.54, 1.807) is 55.9 Å². The van der Waals surface area contributed by atoms with Crippen LogP contribution >= 0.6 is 0 Å². The van der Waals surface area contributed by atoms with E-state index < -0.39 is 36.5 Å². The van der Waals surface area contributed by atoms with Crippen molar-refractivity contribution in [2.24, 2.45) is 13.0 Å². The minimum atomic E-state index is -1.01. The molecular weight excluding hydrogens is 390 g/mol. The second-order valence-electron chi connectivity index (χ2n) is 6.92. The van der Waals surface area contributed by atoms with E-state index in [1.807, 2.05) is 18.2 Å². The fraction of sp³-hybridized carbons (Fsp3) is 0.333. The molecule has 2 rings (SSSR count). The number of alkyl carbamates (subject to hydrolysis) is 1. The molecule has 1 aromatic heterocycles. The third-order valence-electron chi connectivity index (χ3n) is 4.18. The van der Waals surface area contributed by atoms with Gasteiger partial charge in [-0.2, -0.15) is 0 Å². The lowest BCUT2D eigenvalue weighted by Crippen LogP contribution is -2.46. The van der Waals surface area contributed by atoms with Gasteiger partial charge in [-0.3, -0.25) is 14.9 Å². The van der Waals surface area contributed by atoms with Gasteiger partial charge in [0, 0.05) is 13.2 Å². The quantitative estimate of drug-likeness (QED) is 0.635. The number of esters is 1. The van der Waals surface area contributed by atoms with E-state index in [9.17, 15) is 19.2 Å². The molecule has 160 valence electrons. The Hall–Kier alpha value is -3.62. The first-order valence-electron chi connectivity index (χ1n) is 9.37. The number of rotatable bonds is 8. The molecule has 0 bridgehead atoms. The highest BCUT2D eigenvalue weighted by atomic mass is 16.6. The zero-order chi connectivity index (χ0) is 22.1. The van der Waals surface area contributed by atoms with Gasteiger partial charge in [0.05, 0.1) is 0 Å². The molecule has 0 spiro atoms. The van der Waals surface area contributed by atoms with Crippen molar-refractivity contribution in [1.29, 1.82) is 0 Å². The van der Waals surface area contributed by atoms with Gasteiger partial charge in [0.25, 0.3) is 11.8 Å². The van der Waals surface area contributed by atoms with Gasteiger partial charge in [-0.1, -0.05) is 44.2 Å². The van der Waals surface area contributed by atoms with Crippen molar-refractivity contribution in [2.45, 2.75) is 26.5 Å². The summed E-state index contributed by atoms with van der Waals surface area (Å²) in [7, 11) is 1.66. The Bertz CT molecular complexity index is 891. The lowest BCUT2D eigenvalue weighted by molar-refractivity contribution is -0.151. The molecule has 30 heavy (non-hydrogen) atoms. The number of benzene rings is 1. The van der Waals surface area contributed by atoms with Crippen LogP contribution in [0.3, 0.4) is 0 Å². The first kappa shape index (κ1) is 22.7. The van der Waals surface area contributed by atoms with E-state index in [0.29, 0.717) is 0 Å². The molecule has 1 aromatic carbocycles. The van der Waals surface area contributed by atoms with Crippen LogP contribution in [0.4, 0.5) is 4.79 Å². The number of nitrogens with zero attached hydrogens (tertiary/aromatic N) is 1. The average Bonchev–Trinajstić information content (AvgIpc) is 3.15. The minimum absolute atomic E-state index is 0.0518. The molecule has 9 heteroatoms. The highest BCUT2D eigenvalue weighted by Gasteiger charge is 2.27. The lowest BCUT2D eigenvalue weighted by Gasteiger charge is -2.20. The van der Waals surface area contributed by atoms with E-state index in [2.05, 4.69) is 10.6 Å². The fourth-order valence-electron chi connectivity index (χ4n) is 2.54. The molecule has 0 fully saturated rings. The summed E-state index contributed by atoms with van der Waals surface area (Å²) in [5.41, 5.74) is 1.09. The molecule has 0 aliphatic rings. The Balaban J connectivity index is 1.81. The number of carbonyl (C=O) groups excluding carboxylic acids is 4. The molecule has 2 aromatic rings. The highest BCUT2D eigenvalue weighted by Crippen LogP contribution is 2.06. The average molecular weight is 415 g/mol.